The third-order valence-corrected chi connectivity index (χ3v) is 4.80. The molecular weight excluding hydrogens is 240 g/mol. The van der Waals surface area contributed by atoms with Crippen LogP contribution in [0.25, 0.3) is 0 Å². The second kappa shape index (κ2) is 5.59. The summed E-state index contributed by atoms with van der Waals surface area (Å²) in [5.74, 6) is 1.60. The Bertz CT molecular complexity index is 276. The Labute approximate surface area is 106 Å². The van der Waals surface area contributed by atoms with Gasteiger partial charge >= 0.3 is 5.97 Å². The van der Waals surface area contributed by atoms with Crippen molar-refractivity contribution in [1.29, 1.82) is 0 Å². The van der Waals surface area contributed by atoms with Crippen molar-refractivity contribution < 1.29 is 19.4 Å². The normalized spacial score (nSPS) is 34.8. The molecule has 1 N–H and O–H groups in total. The predicted octanol–water partition coefficient (Wildman–Crippen LogP) is 1.21. The molecule has 0 bridgehead atoms. The summed E-state index contributed by atoms with van der Waals surface area (Å²) < 4.78 is 10.7. The number of carbonyl (C=O) groups excluding carboxylic acids is 1. The fourth-order valence-corrected chi connectivity index (χ4v) is 4.00. The fraction of sp³-hybridized carbons (Fsp3) is 0.917. The minimum absolute atomic E-state index is 0.0125. The van der Waals surface area contributed by atoms with Gasteiger partial charge in [-0.25, -0.2) is 4.79 Å². The van der Waals surface area contributed by atoms with Crippen LogP contribution in [0.2, 0.25) is 0 Å². The minimum Gasteiger partial charge on any atom is -0.464 e. The number of hydrogen-bond acceptors (Lipinski definition) is 5. The van der Waals surface area contributed by atoms with E-state index in [1.165, 1.54) is 0 Å². The minimum atomic E-state index is -0.985. The zero-order valence-corrected chi connectivity index (χ0v) is 11.0. The molecule has 2 rings (SSSR count). The zero-order valence-electron chi connectivity index (χ0n) is 10.2. The highest BCUT2D eigenvalue weighted by molar-refractivity contribution is 7.99. The first-order chi connectivity index (χ1) is 8.17. The van der Waals surface area contributed by atoms with Crippen molar-refractivity contribution in [2.24, 2.45) is 5.92 Å². The van der Waals surface area contributed by atoms with Crippen LogP contribution in [-0.4, -0.2) is 47.5 Å². The van der Waals surface area contributed by atoms with E-state index in [2.05, 4.69) is 0 Å². The number of thioether (sulfide) groups is 1. The molecule has 2 aliphatic rings. The number of hydrogen-bond donors (Lipinski definition) is 1. The summed E-state index contributed by atoms with van der Waals surface area (Å²) in [5.41, 5.74) is -0.0962. The predicted molar refractivity (Wildman–Crippen MR) is 66.0 cm³/mol. The summed E-state index contributed by atoms with van der Waals surface area (Å²) in [7, 11) is 0. The molecule has 4 nitrogen and oxygen atoms in total. The van der Waals surface area contributed by atoms with E-state index in [4.69, 9.17) is 9.47 Å². The maximum atomic E-state index is 11.5. The molecular formula is C12H20O4S. The van der Waals surface area contributed by atoms with Crippen molar-refractivity contribution in [3.05, 3.63) is 0 Å². The number of aliphatic hydroxyl groups is 1. The average Bonchev–Trinajstić information content (AvgIpc) is 2.76. The van der Waals surface area contributed by atoms with E-state index < -0.39 is 12.1 Å². The molecule has 0 aromatic carbocycles. The van der Waals surface area contributed by atoms with E-state index in [0.29, 0.717) is 13.2 Å². The van der Waals surface area contributed by atoms with Crippen LogP contribution in [0.15, 0.2) is 0 Å². The van der Waals surface area contributed by atoms with Gasteiger partial charge in [-0.05, 0) is 31.9 Å². The first-order valence-electron chi connectivity index (χ1n) is 6.23. The third-order valence-electron chi connectivity index (χ3n) is 3.57. The lowest BCUT2D eigenvalue weighted by molar-refractivity contribution is -0.162. The maximum absolute atomic E-state index is 11.5. The van der Waals surface area contributed by atoms with Gasteiger partial charge in [-0.3, -0.25) is 0 Å². The number of esters is 1. The Morgan fingerprint density at radius 2 is 2.53 bits per heavy atom. The number of carbonyl (C=O) groups is 1. The maximum Gasteiger partial charge on any atom is 0.335 e. The van der Waals surface area contributed by atoms with Gasteiger partial charge in [0.25, 0.3) is 0 Å². The number of ether oxygens (including phenoxy) is 2. The smallest absolute Gasteiger partial charge is 0.335 e. The van der Waals surface area contributed by atoms with E-state index in [1.54, 1.807) is 6.92 Å². The van der Waals surface area contributed by atoms with E-state index in [9.17, 15) is 9.90 Å². The second-order valence-electron chi connectivity index (χ2n) is 4.78. The molecule has 2 saturated heterocycles. The SMILES string of the molecule is CCOC(=O)C(O)C1CCOC2(CCSC2)C1. The Morgan fingerprint density at radius 3 is 3.18 bits per heavy atom. The van der Waals surface area contributed by atoms with E-state index in [1.807, 2.05) is 11.8 Å². The van der Waals surface area contributed by atoms with Crippen LogP contribution in [-0.2, 0) is 14.3 Å². The summed E-state index contributed by atoms with van der Waals surface area (Å²) in [5, 5.41) is 9.98. The average molecular weight is 260 g/mol. The Morgan fingerprint density at radius 1 is 1.71 bits per heavy atom. The highest BCUT2D eigenvalue weighted by Crippen LogP contribution is 2.41. The van der Waals surface area contributed by atoms with Crippen LogP contribution in [0.4, 0.5) is 0 Å². The van der Waals surface area contributed by atoms with Gasteiger partial charge in [-0.2, -0.15) is 11.8 Å². The summed E-state index contributed by atoms with van der Waals surface area (Å²) in [4.78, 5) is 11.5. The fourth-order valence-electron chi connectivity index (χ4n) is 2.62. The van der Waals surface area contributed by atoms with Crippen LogP contribution in [0.1, 0.15) is 26.2 Å². The van der Waals surface area contributed by atoms with Crippen molar-refractivity contribution in [2.75, 3.05) is 24.7 Å². The van der Waals surface area contributed by atoms with Crippen molar-refractivity contribution >= 4 is 17.7 Å². The molecule has 2 aliphatic heterocycles. The Balaban J connectivity index is 1.94. The van der Waals surface area contributed by atoms with Gasteiger partial charge in [-0.1, -0.05) is 0 Å². The second-order valence-corrected chi connectivity index (χ2v) is 5.89. The molecule has 0 aromatic heterocycles. The summed E-state index contributed by atoms with van der Waals surface area (Å²) in [6.45, 7) is 2.71. The van der Waals surface area contributed by atoms with Gasteiger partial charge in [-0.15, -0.1) is 0 Å². The molecule has 0 radical (unpaired) electrons. The van der Waals surface area contributed by atoms with Crippen LogP contribution in [0.5, 0.6) is 0 Å². The van der Waals surface area contributed by atoms with Gasteiger partial charge in [0.2, 0.25) is 0 Å². The lowest BCUT2D eigenvalue weighted by Gasteiger charge is -2.38. The summed E-state index contributed by atoms with van der Waals surface area (Å²) >= 11 is 1.89. The van der Waals surface area contributed by atoms with Crippen LogP contribution < -0.4 is 0 Å². The van der Waals surface area contributed by atoms with Crippen molar-refractivity contribution in [3.8, 4) is 0 Å². The molecule has 3 atom stereocenters. The van der Waals surface area contributed by atoms with Crippen molar-refractivity contribution in [2.45, 2.75) is 37.9 Å². The molecule has 1 spiro atoms. The standard InChI is InChI=1S/C12H20O4S/c1-2-15-11(14)10(13)9-3-5-16-12(7-9)4-6-17-8-12/h9-10,13H,2-8H2,1H3. The zero-order chi connectivity index (χ0) is 12.3. The Kier molecular flexibility index (Phi) is 4.33. The molecule has 0 amide bonds. The van der Waals surface area contributed by atoms with E-state index >= 15 is 0 Å². The number of rotatable bonds is 3. The van der Waals surface area contributed by atoms with Gasteiger partial charge < -0.3 is 14.6 Å². The van der Waals surface area contributed by atoms with Gasteiger partial charge in [0.05, 0.1) is 12.2 Å². The quantitative estimate of drug-likeness (QED) is 0.773. The van der Waals surface area contributed by atoms with Crippen LogP contribution >= 0.6 is 11.8 Å². The third kappa shape index (κ3) is 2.95. The molecule has 0 saturated carbocycles. The molecule has 0 aromatic rings. The molecule has 3 unspecified atom stereocenters. The first kappa shape index (κ1) is 13.2. The van der Waals surface area contributed by atoms with Crippen molar-refractivity contribution in [3.63, 3.8) is 0 Å². The molecule has 0 aliphatic carbocycles. The molecule has 17 heavy (non-hydrogen) atoms. The van der Waals surface area contributed by atoms with Crippen LogP contribution in [0, 0.1) is 5.92 Å². The summed E-state index contributed by atoms with van der Waals surface area (Å²) in [6, 6.07) is 0. The van der Waals surface area contributed by atoms with Gasteiger partial charge in [0.1, 0.15) is 0 Å². The first-order valence-corrected chi connectivity index (χ1v) is 7.39. The highest BCUT2D eigenvalue weighted by Gasteiger charge is 2.43. The van der Waals surface area contributed by atoms with Gasteiger partial charge in [0, 0.05) is 18.3 Å². The van der Waals surface area contributed by atoms with Gasteiger partial charge in [0.15, 0.2) is 6.10 Å². The monoisotopic (exact) mass is 260 g/mol. The molecule has 2 fully saturated rings. The highest BCUT2D eigenvalue weighted by atomic mass is 32.2. The lowest BCUT2D eigenvalue weighted by Crippen LogP contribution is -2.45. The molecule has 98 valence electrons. The largest absolute Gasteiger partial charge is 0.464 e. The van der Waals surface area contributed by atoms with E-state index in [0.717, 1.165) is 30.8 Å². The summed E-state index contributed by atoms with van der Waals surface area (Å²) in [6.07, 6.45) is 1.57. The Hall–Kier alpha value is -0.260. The lowest BCUT2D eigenvalue weighted by atomic mass is 9.82. The van der Waals surface area contributed by atoms with Crippen molar-refractivity contribution in [1.82, 2.24) is 0 Å². The van der Waals surface area contributed by atoms with E-state index in [-0.39, 0.29) is 11.5 Å². The topological polar surface area (TPSA) is 55.8 Å². The molecule has 2 heterocycles. The molecule has 5 heteroatoms. The number of aliphatic hydroxyl groups excluding tert-OH is 1. The van der Waals surface area contributed by atoms with Crippen LogP contribution in [0.3, 0.4) is 0 Å².